The zero-order valence-corrected chi connectivity index (χ0v) is 12.8. The Balaban J connectivity index is 1.66. The lowest BCUT2D eigenvalue weighted by molar-refractivity contribution is -0.131. The first kappa shape index (κ1) is 16.0. The van der Waals surface area contributed by atoms with Gasteiger partial charge in [0.05, 0.1) is 0 Å². The van der Waals surface area contributed by atoms with E-state index in [0.29, 0.717) is 13.0 Å². The van der Waals surface area contributed by atoms with Crippen LogP contribution in [0.25, 0.3) is 0 Å². The van der Waals surface area contributed by atoms with Gasteiger partial charge < -0.3 is 10.2 Å². The van der Waals surface area contributed by atoms with Crippen molar-refractivity contribution in [2.75, 3.05) is 19.6 Å². The molecule has 0 aromatic heterocycles. The Morgan fingerprint density at radius 2 is 2.10 bits per heavy atom. The van der Waals surface area contributed by atoms with Gasteiger partial charge in [0.15, 0.2) is 0 Å². The summed E-state index contributed by atoms with van der Waals surface area (Å²) >= 11 is 0. The van der Waals surface area contributed by atoms with Crippen molar-refractivity contribution in [2.24, 2.45) is 0 Å². The fourth-order valence-electron chi connectivity index (χ4n) is 2.82. The molecule has 3 nitrogen and oxygen atoms in total. The van der Waals surface area contributed by atoms with E-state index < -0.39 is 0 Å². The molecule has 0 spiro atoms. The van der Waals surface area contributed by atoms with E-state index in [1.165, 1.54) is 12.5 Å². The van der Waals surface area contributed by atoms with Crippen molar-refractivity contribution in [3.05, 3.63) is 35.6 Å². The second kappa shape index (κ2) is 8.13. The van der Waals surface area contributed by atoms with Gasteiger partial charge in [-0.2, -0.15) is 0 Å². The average molecular weight is 292 g/mol. The first-order chi connectivity index (χ1) is 10.1. The SMILES string of the molecule is CC(Cc1cccc(F)c1)NCCC(=O)N1CCCCC1. The van der Waals surface area contributed by atoms with Gasteiger partial charge in [-0.1, -0.05) is 12.1 Å². The maximum atomic E-state index is 13.1. The maximum absolute atomic E-state index is 13.1. The summed E-state index contributed by atoms with van der Waals surface area (Å²) in [7, 11) is 0. The molecule has 4 heteroatoms. The molecule has 1 unspecified atom stereocenters. The molecule has 1 aliphatic heterocycles. The largest absolute Gasteiger partial charge is 0.343 e. The summed E-state index contributed by atoms with van der Waals surface area (Å²) in [4.78, 5) is 14.0. The van der Waals surface area contributed by atoms with Gasteiger partial charge in [0, 0.05) is 32.1 Å². The van der Waals surface area contributed by atoms with Crippen LogP contribution >= 0.6 is 0 Å². The lowest BCUT2D eigenvalue weighted by Gasteiger charge is -2.27. The zero-order chi connectivity index (χ0) is 15.1. The molecule has 2 rings (SSSR count). The normalized spacial score (nSPS) is 16.8. The Labute approximate surface area is 126 Å². The summed E-state index contributed by atoms with van der Waals surface area (Å²) < 4.78 is 13.1. The quantitative estimate of drug-likeness (QED) is 0.874. The molecule has 0 saturated carbocycles. The number of nitrogens with zero attached hydrogens (tertiary/aromatic N) is 1. The fourth-order valence-corrected chi connectivity index (χ4v) is 2.82. The Morgan fingerprint density at radius 1 is 1.33 bits per heavy atom. The van der Waals surface area contributed by atoms with Gasteiger partial charge in [-0.05, 0) is 50.3 Å². The molecule has 1 aliphatic rings. The van der Waals surface area contributed by atoms with Crippen LogP contribution in [-0.4, -0.2) is 36.5 Å². The average Bonchev–Trinajstić information content (AvgIpc) is 2.48. The lowest BCUT2D eigenvalue weighted by atomic mass is 10.1. The fraction of sp³-hybridized carbons (Fsp3) is 0.588. The molecule has 1 heterocycles. The van der Waals surface area contributed by atoms with Crippen LogP contribution in [0.5, 0.6) is 0 Å². The van der Waals surface area contributed by atoms with Gasteiger partial charge in [-0.15, -0.1) is 0 Å². The van der Waals surface area contributed by atoms with E-state index in [9.17, 15) is 9.18 Å². The molecule has 1 saturated heterocycles. The highest BCUT2D eigenvalue weighted by Crippen LogP contribution is 2.10. The third-order valence-electron chi connectivity index (χ3n) is 3.97. The van der Waals surface area contributed by atoms with E-state index in [0.717, 1.165) is 37.9 Å². The Hall–Kier alpha value is -1.42. The molecular weight excluding hydrogens is 267 g/mol. The first-order valence-corrected chi connectivity index (χ1v) is 7.91. The zero-order valence-electron chi connectivity index (χ0n) is 12.8. The molecule has 1 aromatic carbocycles. The van der Waals surface area contributed by atoms with Crippen molar-refractivity contribution in [3.63, 3.8) is 0 Å². The minimum atomic E-state index is -0.194. The molecule has 1 fully saturated rings. The van der Waals surface area contributed by atoms with Gasteiger partial charge >= 0.3 is 0 Å². The summed E-state index contributed by atoms with van der Waals surface area (Å²) in [6.07, 6.45) is 4.83. The number of amides is 1. The molecule has 1 atom stereocenters. The van der Waals surface area contributed by atoms with E-state index >= 15 is 0 Å². The predicted molar refractivity (Wildman–Crippen MR) is 82.6 cm³/mol. The standard InChI is InChI=1S/C17H25FN2O/c1-14(12-15-6-5-7-16(18)13-15)19-9-8-17(21)20-10-3-2-4-11-20/h5-7,13-14,19H,2-4,8-12H2,1H3. The molecule has 0 aliphatic carbocycles. The number of rotatable bonds is 6. The second-order valence-corrected chi connectivity index (χ2v) is 5.88. The smallest absolute Gasteiger partial charge is 0.223 e. The number of hydrogen-bond donors (Lipinski definition) is 1. The summed E-state index contributed by atoms with van der Waals surface area (Å²) in [5, 5.41) is 3.35. The van der Waals surface area contributed by atoms with Gasteiger partial charge in [-0.3, -0.25) is 4.79 Å². The summed E-state index contributed by atoms with van der Waals surface area (Å²) in [5.41, 5.74) is 0.984. The van der Waals surface area contributed by atoms with E-state index in [2.05, 4.69) is 12.2 Å². The van der Waals surface area contributed by atoms with Crippen molar-refractivity contribution in [2.45, 2.75) is 45.1 Å². The van der Waals surface area contributed by atoms with E-state index in [4.69, 9.17) is 0 Å². The molecule has 0 radical (unpaired) electrons. The van der Waals surface area contributed by atoms with Crippen LogP contribution in [-0.2, 0) is 11.2 Å². The van der Waals surface area contributed by atoms with Crippen LogP contribution in [0.15, 0.2) is 24.3 Å². The van der Waals surface area contributed by atoms with Crippen molar-refractivity contribution in [1.82, 2.24) is 10.2 Å². The van der Waals surface area contributed by atoms with Gasteiger partial charge in [-0.25, -0.2) is 4.39 Å². The van der Waals surface area contributed by atoms with Crippen LogP contribution in [0.2, 0.25) is 0 Å². The predicted octanol–water partition coefficient (Wildman–Crippen LogP) is 2.75. The summed E-state index contributed by atoms with van der Waals surface area (Å²) in [6.45, 7) is 4.58. The van der Waals surface area contributed by atoms with Crippen molar-refractivity contribution >= 4 is 5.91 Å². The van der Waals surface area contributed by atoms with Crippen molar-refractivity contribution in [1.29, 1.82) is 0 Å². The van der Waals surface area contributed by atoms with Crippen molar-refractivity contribution in [3.8, 4) is 0 Å². The van der Waals surface area contributed by atoms with Gasteiger partial charge in [0.2, 0.25) is 5.91 Å². The number of piperidine rings is 1. The molecule has 1 amide bonds. The van der Waals surface area contributed by atoms with Gasteiger partial charge in [0.1, 0.15) is 5.82 Å². The number of nitrogens with one attached hydrogen (secondary N) is 1. The molecule has 1 N–H and O–H groups in total. The molecule has 116 valence electrons. The molecule has 1 aromatic rings. The maximum Gasteiger partial charge on any atom is 0.223 e. The van der Waals surface area contributed by atoms with Crippen LogP contribution < -0.4 is 5.32 Å². The number of benzene rings is 1. The molecular formula is C17H25FN2O. The van der Waals surface area contributed by atoms with Crippen molar-refractivity contribution < 1.29 is 9.18 Å². The summed E-state index contributed by atoms with van der Waals surface area (Å²) in [6, 6.07) is 6.92. The Kier molecular flexibility index (Phi) is 6.18. The molecule has 0 bridgehead atoms. The van der Waals surface area contributed by atoms with Crippen LogP contribution in [0.3, 0.4) is 0 Å². The van der Waals surface area contributed by atoms with E-state index in [1.807, 2.05) is 11.0 Å². The minimum Gasteiger partial charge on any atom is -0.343 e. The summed E-state index contributed by atoms with van der Waals surface area (Å²) in [5.74, 6) is 0.0557. The number of likely N-dealkylation sites (tertiary alicyclic amines) is 1. The lowest BCUT2D eigenvalue weighted by Crippen LogP contribution is -2.38. The van der Waals surface area contributed by atoms with E-state index in [1.54, 1.807) is 12.1 Å². The number of hydrogen-bond acceptors (Lipinski definition) is 2. The number of carbonyl (C=O) groups is 1. The van der Waals surface area contributed by atoms with Gasteiger partial charge in [0.25, 0.3) is 0 Å². The van der Waals surface area contributed by atoms with E-state index in [-0.39, 0.29) is 17.8 Å². The van der Waals surface area contributed by atoms with Crippen LogP contribution in [0.1, 0.15) is 38.2 Å². The number of carbonyl (C=O) groups excluding carboxylic acids is 1. The minimum absolute atomic E-state index is 0.194. The molecule has 21 heavy (non-hydrogen) atoms. The third kappa shape index (κ3) is 5.46. The second-order valence-electron chi connectivity index (χ2n) is 5.88. The Morgan fingerprint density at radius 3 is 2.81 bits per heavy atom. The monoisotopic (exact) mass is 292 g/mol. The number of halogens is 1. The Bertz CT molecular complexity index is 458. The van der Waals surface area contributed by atoms with Crippen LogP contribution in [0, 0.1) is 5.82 Å². The first-order valence-electron chi connectivity index (χ1n) is 7.91. The highest BCUT2D eigenvalue weighted by molar-refractivity contribution is 5.76. The third-order valence-corrected chi connectivity index (χ3v) is 3.97. The topological polar surface area (TPSA) is 32.3 Å². The highest BCUT2D eigenvalue weighted by atomic mass is 19.1. The van der Waals surface area contributed by atoms with Crippen LogP contribution in [0.4, 0.5) is 4.39 Å². The highest BCUT2D eigenvalue weighted by Gasteiger charge is 2.16.